The molecule has 0 unspecified atom stereocenters. The first kappa shape index (κ1) is 13.1. The van der Waals surface area contributed by atoms with E-state index >= 15 is 0 Å². The second kappa shape index (κ2) is 6.55. The fourth-order valence-electron chi connectivity index (χ4n) is 1.27. The van der Waals surface area contributed by atoms with Gasteiger partial charge in [-0.1, -0.05) is 12.1 Å². The van der Waals surface area contributed by atoms with E-state index in [1.807, 2.05) is 18.2 Å². The average Bonchev–Trinajstić information content (AvgIpc) is 2.99. The minimum absolute atomic E-state index is 0. The molecule has 1 fully saturated rings. The highest BCUT2D eigenvalue weighted by molar-refractivity contribution is 14.1. The van der Waals surface area contributed by atoms with E-state index in [1.54, 1.807) is 0 Å². The summed E-state index contributed by atoms with van der Waals surface area (Å²) in [5, 5.41) is 3.42. The number of hydrogen-bond donors (Lipinski definition) is 1. The van der Waals surface area contributed by atoms with Crippen molar-refractivity contribution in [2.45, 2.75) is 18.9 Å². The predicted octanol–water partition coefficient (Wildman–Crippen LogP) is 2.84. The van der Waals surface area contributed by atoms with Crippen LogP contribution in [0.1, 0.15) is 12.8 Å². The van der Waals surface area contributed by atoms with Crippen molar-refractivity contribution in [2.75, 3.05) is 13.2 Å². The first-order valence-corrected chi connectivity index (χ1v) is 6.05. The lowest BCUT2D eigenvalue weighted by atomic mass is 10.3. The van der Waals surface area contributed by atoms with Crippen LogP contribution in [0.25, 0.3) is 0 Å². The van der Waals surface area contributed by atoms with Crippen molar-refractivity contribution in [1.82, 2.24) is 5.32 Å². The van der Waals surface area contributed by atoms with Crippen LogP contribution in [0.2, 0.25) is 0 Å². The van der Waals surface area contributed by atoms with Crippen LogP contribution in [0.5, 0.6) is 5.75 Å². The van der Waals surface area contributed by atoms with Gasteiger partial charge in [-0.3, -0.25) is 0 Å². The van der Waals surface area contributed by atoms with Crippen LogP contribution in [0.15, 0.2) is 24.3 Å². The summed E-state index contributed by atoms with van der Waals surface area (Å²) in [5.41, 5.74) is 0. The second-order valence-electron chi connectivity index (χ2n) is 3.51. The number of para-hydroxylation sites is 1. The molecule has 0 atom stereocenters. The molecule has 0 amide bonds. The van der Waals surface area contributed by atoms with Gasteiger partial charge in [0.05, 0.1) is 3.57 Å². The number of hydrogen-bond acceptors (Lipinski definition) is 2. The van der Waals surface area contributed by atoms with Crippen LogP contribution in [-0.4, -0.2) is 19.2 Å². The molecule has 0 bridgehead atoms. The molecule has 0 spiro atoms. The highest BCUT2D eigenvalue weighted by Gasteiger charge is 2.19. The van der Waals surface area contributed by atoms with Crippen molar-refractivity contribution in [3.63, 3.8) is 0 Å². The van der Waals surface area contributed by atoms with E-state index in [9.17, 15) is 0 Å². The van der Waals surface area contributed by atoms with Crippen molar-refractivity contribution in [2.24, 2.45) is 0 Å². The zero-order chi connectivity index (χ0) is 9.80. The highest BCUT2D eigenvalue weighted by atomic mass is 127. The summed E-state index contributed by atoms with van der Waals surface area (Å²) in [4.78, 5) is 0. The number of nitrogens with one attached hydrogen (secondary N) is 1. The molecule has 2 nitrogen and oxygen atoms in total. The third kappa shape index (κ3) is 4.57. The standard InChI is InChI=1S/C11H14INO.ClH/c12-10-3-1-2-4-11(10)14-8-7-13-9-5-6-9;/h1-4,9,13H,5-8H2;1H. The van der Waals surface area contributed by atoms with Crippen LogP contribution in [0, 0.1) is 3.57 Å². The summed E-state index contributed by atoms with van der Waals surface area (Å²) in [5.74, 6) is 0.991. The molecule has 0 aliphatic heterocycles. The number of halogens is 2. The Morgan fingerprint density at radius 2 is 2.07 bits per heavy atom. The third-order valence-corrected chi connectivity index (χ3v) is 3.10. The normalized spacial score (nSPS) is 14.5. The van der Waals surface area contributed by atoms with Gasteiger partial charge in [0.1, 0.15) is 12.4 Å². The average molecular weight is 340 g/mol. The zero-order valence-corrected chi connectivity index (χ0v) is 11.4. The monoisotopic (exact) mass is 339 g/mol. The summed E-state index contributed by atoms with van der Waals surface area (Å²) < 4.78 is 6.82. The van der Waals surface area contributed by atoms with Gasteiger partial charge in [-0.25, -0.2) is 0 Å². The number of ether oxygens (including phenoxy) is 1. The maximum Gasteiger partial charge on any atom is 0.132 e. The molecule has 0 aromatic heterocycles. The smallest absolute Gasteiger partial charge is 0.132 e. The summed E-state index contributed by atoms with van der Waals surface area (Å²) in [7, 11) is 0. The predicted molar refractivity (Wildman–Crippen MR) is 72.9 cm³/mol. The van der Waals surface area contributed by atoms with Gasteiger partial charge < -0.3 is 10.1 Å². The molecule has 15 heavy (non-hydrogen) atoms. The third-order valence-electron chi connectivity index (χ3n) is 2.21. The summed E-state index contributed by atoms with van der Waals surface area (Å²) in [6.07, 6.45) is 2.67. The lowest BCUT2D eigenvalue weighted by Crippen LogP contribution is -2.22. The van der Waals surface area contributed by atoms with E-state index < -0.39 is 0 Å². The molecular formula is C11H15ClINO. The van der Waals surface area contributed by atoms with Crippen molar-refractivity contribution in [1.29, 1.82) is 0 Å². The van der Waals surface area contributed by atoms with E-state index in [1.165, 1.54) is 16.4 Å². The van der Waals surface area contributed by atoms with Gasteiger partial charge in [0.15, 0.2) is 0 Å². The Morgan fingerprint density at radius 3 is 2.73 bits per heavy atom. The number of rotatable bonds is 5. The first-order valence-electron chi connectivity index (χ1n) is 4.97. The lowest BCUT2D eigenvalue weighted by Gasteiger charge is -2.08. The van der Waals surface area contributed by atoms with Crippen molar-refractivity contribution in [3.05, 3.63) is 27.8 Å². The molecule has 1 aromatic carbocycles. The van der Waals surface area contributed by atoms with Crippen LogP contribution in [0.4, 0.5) is 0 Å². The zero-order valence-electron chi connectivity index (χ0n) is 8.41. The van der Waals surface area contributed by atoms with Crippen molar-refractivity contribution in [3.8, 4) is 5.75 Å². The highest BCUT2D eigenvalue weighted by Crippen LogP contribution is 2.20. The van der Waals surface area contributed by atoms with Crippen LogP contribution >= 0.6 is 35.0 Å². The molecule has 0 radical (unpaired) electrons. The molecule has 0 saturated heterocycles. The van der Waals surface area contributed by atoms with Crippen LogP contribution in [-0.2, 0) is 0 Å². The summed E-state index contributed by atoms with van der Waals surface area (Å²) in [6, 6.07) is 8.87. The van der Waals surface area contributed by atoms with Crippen LogP contribution < -0.4 is 10.1 Å². The molecule has 0 heterocycles. The Morgan fingerprint density at radius 1 is 1.33 bits per heavy atom. The van der Waals surface area contributed by atoms with Gasteiger partial charge >= 0.3 is 0 Å². The maximum absolute atomic E-state index is 5.64. The van der Waals surface area contributed by atoms with Gasteiger partial charge in [-0.15, -0.1) is 12.4 Å². The molecule has 4 heteroatoms. The first-order chi connectivity index (χ1) is 6.86. The lowest BCUT2D eigenvalue weighted by molar-refractivity contribution is 0.311. The van der Waals surface area contributed by atoms with Gasteiger partial charge in [0, 0.05) is 12.6 Å². The van der Waals surface area contributed by atoms with E-state index in [-0.39, 0.29) is 12.4 Å². The van der Waals surface area contributed by atoms with E-state index in [4.69, 9.17) is 4.74 Å². The Kier molecular flexibility index (Phi) is 5.71. The minimum Gasteiger partial charge on any atom is -0.491 e. The molecule has 84 valence electrons. The molecule has 1 aliphatic carbocycles. The van der Waals surface area contributed by atoms with Crippen LogP contribution in [0.3, 0.4) is 0 Å². The van der Waals surface area contributed by atoms with Gasteiger partial charge in [0.2, 0.25) is 0 Å². The summed E-state index contributed by atoms with van der Waals surface area (Å²) >= 11 is 2.29. The van der Waals surface area contributed by atoms with E-state index in [0.29, 0.717) is 0 Å². The minimum atomic E-state index is 0. The maximum atomic E-state index is 5.64. The van der Waals surface area contributed by atoms with E-state index in [2.05, 4.69) is 34.0 Å². The molecule has 1 saturated carbocycles. The van der Waals surface area contributed by atoms with Gasteiger partial charge in [-0.2, -0.15) is 0 Å². The SMILES string of the molecule is Cl.Ic1ccccc1OCCNC1CC1. The molecule has 1 aromatic rings. The quantitative estimate of drug-likeness (QED) is 0.658. The van der Waals surface area contributed by atoms with Crippen molar-refractivity contribution < 1.29 is 4.74 Å². The van der Waals surface area contributed by atoms with Crippen molar-refractivity contribution >= 4 is 35.0 Å². The second-order valence-corrected chi connectivity index (χ2v) is 4.67. The fourth-order valence-corrected chi connectivity index (χ4v) is 1.82. The Labute approximate surface area is 110 Å². The Balaban J connectivity index is 0.00000112. The molecule has 1 aliphatic rings. The molecule has 2 rings (SSSR count). The largest absolute Gasteiger partial charge is 0.491 e. The summed E-state index contributed by atoms with van der Waals surface area (Å²) in [6.45, 7) is 1.71. The van der Waals surface area contributed by atoms with E-state index in [0.717, 1.165) is 24.9 Å². The van der Waals surface area contributed by atoms with Gasteiger partial charge in [0.25, 0.3) is 0 Å². The fraction of sp³-hybridized carbons (Fsp3) is 0.455. The number of benzene rings is 1. The molecule has 1 N–H and O–H groups in total. The Hall–Kier alpha value is -0.0000000000000000208. The molecular weight excluding hydrogens is 324 g/mol. The Bertz CT molecular complexity index is 304. The van der Waals surface area contributed by atoms with Gasteiger partial charge in [-0.05, 0) is 47.6 Å². The topological polar surface area (TPSA) is 21.3 Å².